The zero-order chi connectivity index (χ0) is 30.5. The summed E-state index contributed by atoms with van der Waals surface area (Å²) in [5, 5.41) is 7.28. The Hall–Kier alpha value is -6.12. The molecular weight excluding hydrogens is 558 g/mol. The quantitative estimate of drug-likeness (QED) is 0.186. The van der Waals surface area contributed by atoms with Crippen LogP contribution in [-0.4, -0.2) is 0 Å². The summed E-state index contributed by atoms with van der Waals surface area (Å²) in [5.41, 5.74) is 9.85. The van der Waals surface area contributed by atoms with Crippen LogP contribution in [0.2, 0.25) is 0 Å². The van der Waals surface area contributed by atoms with Crippen molar-refractivity contribution in [1.82, 2.24) is 0 Å². The van der Waals surface area contributed by atoms with E-state index in [-0.39, 0.29) is 0 Å². The molecule has 8 aromatic carbocycles. The molecule has 2 nitrogen and oxygen atoms in total. The van der Waals surface area contributed by atoms with Gasteiger partial charge < -0.3 is 9.32 Å². The molecule has 1 heterocycles. The van der Waals surface area contributed by atoms with Crippen molar-refractivity contribution in [2.24, 2.45) is 0 Å². The number of benzene rings is 8. The molecule has 0 radical (unpaired) electrons. The van der Waals surface area contributed by atoms with Gasteiger partial charge in [-0.15, -0.1) is 0 Å². The van der Waals surface area contributed by atoms with Crippen molar-refractivity contribution >= 4 is 60.5 Å². The van der Waals surface area contributed by atoms with E-state index in [1.165, 1.54) is 43.8 Å². The smallest absolute Gasteiger partial charge is 0.137 e. The van der Waals surface area contributed by atoms with Crippen LogP contribution in [0, 0.1) is 0 Å². The highest BCUT2D eigenvalue weighted by atomic mass is 16.3. The molecule has 0 saturated heterocycles. The van der Waals surface area contributed by atoms with Gasteiger partial charge in [0.1, 0.15) is 11.2 Å². The van der Waals surface area contributed by atoms with Crippen molar-refractivity contribution in [3.63, 3.8) is 0 Å². The second-order valence-corrected chi connectivity index (χ2v) is 11.8. The molecule has 9 aromatic rings. The van der Waals surface area contributed by atoms with Gasteiger partial charge >= 0.3 is 0 Å². The van der Waals surface area contributed by atoms with Crippen LogP contribution in [0.15, 0.2) is 180 Å². The summed E-state index contributed by atoms with van der Waals surface area (Å²) in [5.74, 6) is 0. The number of hydrogen-bond donors (Lipinski definition) is 0. The second kappa shape index (κ2) is 10.8. The third-order valence-corrected chi connectivity index (χ3v) is 9.04. The highest BCUT2D eigenvalue weighted by molar-refractivity contribution is 6.13. The number of rotatable bonds is 5. The first-order valence-electron chi connectivity index (χ1n) is 15.7. The first-order valence-corrected chi connectivity index (χ1v) is 15.7. The van der Waals surface area contributed by atoms with Crippen molar-refractivity contribution in [3.05, 3.63) is 176 Å². The molecule has 1 aromatic heterocycles. The lowest BCUT2D eigenvalue weighted by Gasteiger charge is -2.26. The van der Waals surface area contributed by atoms with E-state index in [0.717, 1.165) is 39.0 Å². The average Bonchev–Trinajstić information content (AvgIpc) is 3.50. The number of anilines is 3. The molecule has 0 aliphatic rings. The molecule has 2 heteroatoms. The van der Waals surface area contributed by atoms with E-state index in [1.54, 1.807) is 0 Å². The van der Waals surface area contributed by atoms with Gasteiger partial charge in [-0.25, -0.2) is 0 Å². The maximum absolute atomic E-state index is 6.32. The van der Waals surface area contributed by atoms with Gasteiger partial charge in [0.25, 0.3) is 0 Å². The molecule has 0 fully saturated rings. The number of nitrogens with zero attached hydrogens (tertiary/aromatic N) is 1. The molecule has 0 atom stereocenters. The Morgan fingerprint density at radius 2 is 0.826 bits per heavy atom. The normalized spacial score (nSPS) is 11.5. The summed E-state index contributed by atoms with van der Waals surface area (Å²) in [7, 11) is 0. The standard InChI is InChI=1S/C44H29NO/c1-2-10-30(11-3-1)31-18-22-35(23-19-31)45(37-26-27-41-40-16-8-9-17-42(40)46-43(41)29-37)36-24-20-32(21-25-36)44-38-14-6-4-12-33(38)28-34-13-5-7-15-39(34)44/h1-29H. The number of para-hydroxylation sites is 1. The van der Waals surface area contributed by atoms with Gasteiger partial charge in [-0.05, 0) is 92.3 Å². The SMILES string of the molecule is c1ccc(-c2ccc(N(c3ccc(-c4c5ccccc5cc5ccccc45)cc3)c3ccc4c(c3)oc3ccccc34)cc2)cc1. The lowest BCUT2D eigenvalue weighted by molar-refractivity contribution is 0.669. The van der Waals surface area contributed by atoms with Gasteiger partial charge in [0.2, 0.25) is 0 Å². The van der Waals surface area contributed by atoms with E-state index in [1.807, 2.05) is 12.1 Å². The van der Waals surface area contributed by atoms with Gasteiger partial charge in [-0.3, -0.25) is 0 Å². The summed E-state index contributed by atoms with van der Waals surface area (Å²) < 4.78 is 6.32. The minimum atomic E-state index is 0.878. The number of furan rings is 1. The minimum absolute atomic E-state index is 0.878. The van der Waals surface area contributed by atoms with Gasteiger partial charge in [0.15, 0.2) is 0 Å². The Labute approximate surface area is 267 Å². The lowest BCUT2D eigenvalue weighted by Crippen LogP contribution is -2.09. The fourth-order valence-corrected chi connectivity index (χ4v) is 6.84. The minimum Gasteiger partial charge on any atom is -0.456 e. The number of fused-ring (bicyclic) bond motifs is 5. The molecule has 0 unspecified atom stereocenters. The molecule has 0 saturated carbocycles. The molecule has 0 aliphatic heterocycles. The lowest BCUT2D eigenvalue weighted by atomic mass is 9.92. The van der Waals surface area contributed by atoms with Crippen LogP contribution in [-0.2, 0) is 0 Å². The van der Waals surface area contributed by atoms with Gasteiger partial charge in [-0.1, -0.05) is 121 Å². The summed E-state index contributed by atoms with van der Waals surface area (Å²) in [6, 6.07) is 62.7. The van der Waals surface area contributed by atoms with Crippen LogP contribution in [0.4, 0.5) is 17.1 Å². The van der Waals surface area contributed by atoms with E-state index in [0.29, 0.717) is 0 Å². The first kappa shape index (κ1) is 26.3. The van der Waals surface area contributed by atoms with Crippen molar-refractivity contribution < 1.29 is 4.42 Å². The summed E-state index contributed by atoms with van der Waals surface area (Å²) in [4.78, 5) is 2.31. The Morgan fingerprint density at radius 1 is 0.326 bits per heavy atom. The van der Waals surface area contributed by atoms with Crippen molar-refractivity contribution in [3.8, 4) is 22.3 Å². The van der Waals surface area contributed by atoms with Crippen molar-refractivity contribution in [2.75, 3.05) is 4.90 Å². The van der Waals surface area contributed by atoms with Crippen molar-refractivity contribution in [1.29, 1.82) is 0 Å². The predicted octanol–water partition coefficient (Wildman–Crippen LogP) is 12.7. The zero-order valence-electron chi connectivity index (χ0n) is 25.1. The van der Waals surface area contributed by atoms with Gasteiger partial charge in [0, 0.05) is 33.9 Å². The topological polar surface area (TPSA) is 16.4 Å². The molecule has 46 heavy (non-hydrogen) atoms. The number of hydrogen-bond acceptors (Lipinski definition) is 2. The largest absolute Gasteiger partial charge is 0.456 e. The van der Waals surface area contributed by atoms with Crippen LogP contribution in [0.1, 0.15) is 0 Å². The Morgan fingerprint density at radius 3 is 1.50 bits per heavy atom. The molecular formula is C44H29NO. The van der Waals surface area contributed by atoms with Crippen LogP contribution < -0.4 is 4.90 Å². The van der Waals surface area contributed by atoms with Gasteiger partial charge in [0.05, 0.1) is 0 Å². The molecule has 0 amide bonds. The molecule has 216 valence electrons. The van der Waals surface area contributed by atoms with Crippen LogP contribution in [0.5, 0.6) is 0 Å². The summed E-state index contributed by atoms with van der Waals surface area (Å²) in [6.45, 7) is 0. The van der Waals surface area contributed by atoms with Crippen LogP contribution in [0.3, 0.4) is 0 Å². The Kier molecular flexibility index (Phi) is 6.17. The zero-order valence-corrected chi connectivity index (χ0v) is 25.1. The van der Waals surface area contributed by atoms with E-state index in [4.69, 9.17) is 4.42 Å². The summed E-state index contributed by atoms with van der Waals surface area (Å²) in [6.07, 6.45) is 0. The molecule has 9 rings (SSSR count). The molecule has 0 aliphatic carbocycles. The fourth-order valence-electron chi connectivity index (χ4n) is 6.84. The highest BCUT2D eigenvalue weighted by Crippen LogP contribution is 2.41. The van der Waals surface area contributed by atoms with Gasteiger partial charge in [-0.2, -0.15) is 0 Å². The predicted molar refractivity (Wildman–Crippen MR) is 194 cm³/mol. The molecule has 0 spiro atoms. The average molecular weight is 588 g/mol. The third kappa shape index (κ3) is 4.43. The Bertz CT molecular complexity index is 2450. The summed E-state index contributed by atoms with van der Waals surface area (Å²) >= 11 is 0. The highest BCUT2D eigenvalue weighted by Gasteiger charge is 2.17. The van der Waals surface area contributed by atoms with E-state index < -0.39 is 0 Å². The first-order chi connectivity index (χ1) is 22.8. The fraction of sp³-hybridized carbons (Fsp3) is 0. The van der Waals surface area contributed by atoms with Crippen molar-refractivity contribution in [2.45, 2.75) is 0 Å². The second-order valence-electron chi connectivity index (χ2n) is 11.8. The third-order valence-electron chi connectivity index (χ3n) is 9.04. The molecule has 0 N–H and O–H groups in total. The Balaban J connectivity index is 1.19. The van der Waals surface area contributed by atoms with E-state index in [2.05, 4.69) is 169 Å². The molecule has 0 bridgehead atoms. The maximum atomic E-state index is 6.32. The monoisotopic (exact) mass is 587 g/mol. The van der Waals surface area contributed by atoms with Crippen LogP contribution in [0.25, 0.3) is 65.7 Å². The van der Waals surface area contributed by atoms with E-state index >= 15 is 0 Å². The van der Waals surface area contributed by atoms with E-state index in [9.17, 15) is 0 Å². The van der Waals surface area contributed by atoms with Crippen LogP contribution >= 0.6 is 0 Å². The maximum Gasteiger partial charge on any atom is 0.137 e.